The van der Waals surface area contributed by atoms with Gasteiger partial charge in [0, 0.05) is 6.07 Å². The molecule has 0 aliphatic rings. The first-order valence-corrected chi connectivity index (χ1v) is 6.25. The second kappa shape index (κ2) is 5.59. The van der Waals surface area contributed by atoms with Crippen molar-refractivity contribution in [3.05, 3.63) is 41.7 Å². The Hall–Kier alpha value is -2.31. The topological polar surface area (TPSA) is 61.0 Å². The van der Waals surface area contributed by atoms with Gasteiger partial charge in [-0.3, -0.25) is 0 Å². The minimum atomic E-state index is -4.67. The van der Waals surface area contributed by atoms with E-state index in [1.807, 2.05) is 19.9 Å². The summed E-state index contributed by atoms with van der Waals surface area (Å²) in [7, 11) is 0. The third-order valence-corrected chi connectivity index (χ3v) is 2.72. The number of hydrogen-bond acceptors (Lipinski definition) is 4. The van der Waals surface area contributed by atoms with Gasteiger partial charge in [0.25, 0.3) is 0 Å². The largest absolute Gasteiger partial charge is 0.451 e. The smallest absolute Gasteiger partial charge is 0.439 e. The molecule has 0 fully saturated rings. The standard InChI is InChI=1S/C14H14F3N3O/c1-8(2)9-4-3-5-10(6-9)21-12-7-11(18)19-13(20-12)14(15,16)17/h3-8H,1-2H3,(H2,18,19,20). The predicted octanol–water partition coefficient (Wildman–Crippen LogP) is 3.99. The van der Waals surface area contributed by atoms with E-state index in [2.05, 4.69) is 9.97 Å². The van der Waals surface area contributed by atoms with Crippen LogP contribution in [0.1, 0.15) is 31.2 Å². The van der Waals surface area contributed by atoms with Crippen molar-refractivity contribution >= 4 is 5.82 Å². The molecule has 0 radical (unpaired) electrons. The van der Waals surface area contributed by atoms with Crippen LogP contribution in [0.25, 0.3) is 0 Å². The molecule has 0 saturated carbocycles. The van der Waals surface area contributed by atoms with Gasteiger partial charge >= 0.3 is 6.18 Å². The number of hydrogen-bond donors (Lipinski definition) is 1. The maximum atomic E-state index is 12.6. The van der Waals surface area contributed by atoms with E-state index in [-0.39, 0.29) is 17.6 Å². The van der Waals surface area contributed by atoms with Crippen molar-refractivity contribution in [2.75, 3.05) is 5.73 Å². The predicted molar refractivity (Wildman–Crippen MR) is 72.1 cm³/mol. The zero-order valence-corrected chi connectivity index (χ0v) is 11.5. The van der Waals surface area contributed by atoms with Gasteiger partial charge in [0.05, 0.1) is 0 Å². The van der Waals surface area contributed by atoms with Crippen molar-refractivity contribution in [3.8, 4) is 11.6 Å². The number of nitrogens with zero attached hydrogens (tertiary/aromatic N) is 2. The molecule has 0 atom stereocenters. The van der Waals surface area contributed by atoms with E-state index >= 15 is 0 Å². The molecule has 1 aromatic heterocycles. The number of alkyl halides is 3. The molecular formula is C14H14F3N3O. The molecule has 0 aliphatic carbocycles. The van der Waals surface area contributed by atoms with E-state index in [0.29, 0.717) is 5.75 Å². The molecule has 0 aliphatic heterocycles. The molecule has 0 amide bonds. The summed E-state index contributed by atoms with van der Waals surface area (Å²) in [5, 5.41) is 0. The van der Waals surface area contributed by atoms with E-state index in [4.69, 9.17) is 10.5 Å². The highest BCUT2D eigenvalue weighted by atomic mass is 19.4. The first kappa shape index (κ1) is 15.1. The number of nitrogen functional groups attached to an aromatic ring is 1. The van der Waals surface area contributed by atoms with Crippen molar-refractivity contribution < 1.29 is 17.9 Å². The van der Waals surface area contributed by atoms with Gasteiger partial charge in [-0.05, 0) is 23.6 Å². The second-order valence-corrected chi connectivity index (χ2v) is 4.78. The maximum absolute atomic E-state index is 12.6. The fourth-order valence-corrected chi connectivity index (χ4v) is 1.68. The van der Waals surface area contributed by atoms with Crippen LogP contribution in [-0.4, -0.2) is 9.97 Å². The average molecular weight is 297 g/mol. The summed E-state index contributed by atoms with van der Waals surface area (Å²) in [6, 6.07) is 8.21. The van der Waals surface area contributed by atoms with Crippen LogP contribution >= 0.6 is 0 Å². The average Bonchev–Trinajstić information content (AvgIpc) is 2.37. The minimum absolute atomic E-state index is 0.240. The number of ether oxygens (including phenoxy) is 1. The van der Waals surface area contributed by atoms with Gasteiger partial charge in [0.1, 0.15) is 11.6 Å². The zero-order chi connectivity index (χ0) is 15.6. The molecule has 112 valence electrons. The SMILES string of the molecule is CC(C)c1cccc(Oc2cc(N)nc(C(F)(F)F)n2)c1. The van der Waals surface area contributed by atoms with Gasteiger partial charge < -0.3 is 10.5 Å². The molecule has 2 rings (SSSR count). The number of aromatic nitrogens is 2. The van der Waals surface area contributed by atoms with Crippen LogP contribution in [0.2, 0.25) is 0 Å². The number of anilines is 1. The quantitative estimate of drug-likeness (QED) is 0.930. The number of nitrogens with two attached hydrogens (primary N) is 1. The maximum Gasteiger partial charge on any atom is 0.451 e. The molecule has 2 aromatic rings. The van der Waals surface area contributed by atoms with Crippen molar-refractivity contribution in [3.63, 3.8) is 0 Å². The van der Waals surface area contributed by atoms with E-state index in [9.17, 15) is 13.2 Å². The van der Waals surface area contributed by atoms with E-state index in [1.165, 1.54) is 0 Å². The van der Waals surface area contributed by atoms with Crippen molar-refractivity contribution in [1.82, 2.24) is 9.97 Å². The molecule has 4 nitrogen and oxygen atoms in total. The summed E-state index contributed by atoms with van der Waals surface area (Å²) in [5.74, 6) is -1.19. The van der Waals surface area contributed by atoms with Crippen LogP contribution in [0.3, 0.4) is 0 Å². The number of halogens is 3. The minimum Gasteiger partial charge on any atom is -0.439 e. The van der Waals surface area contributed by atoms with Crippen LogP contribution in [0.5, 0.6) is 11.6 Å². The van der Waals surface area contributed by atoms with Crippen molar-refractivity contribution in [2.45, 2.75) is 25.9 Å². The summed E-state index contributed by atoms with van der Waals surface area (Å²) in [6.07, 6.45) is -4.67. The fourth-order valence-electron chi connectivity index (χ4n) is 1.68. The highest BCUT2D eigenvalue weighted by molar-refractivity contribution is 5.37. The molecule has 2 N–H and O–H groups in total. The van der Waals surface area contributed by atoms with Crippen molar-refractivity contribution in [1.29, 1.82) is 0 Å². The Bertz CT molecular complexity index is 642. The summed E-state index contributed by atoms with van der Waals surface area (Å²) in [4.78, 5) is 6.49. The van der Waals surface area contributed by atoms with Crippen LogP contribution < -0.4 is 10.5 Å². The lowest BCUT2D eigenvalue weighted by atomic mass is 10.0. The molecule has 0 unspecified atom stereocenters. The Morgan fingerprint density at radius 3 is 2.48 bits per heavy atom. The summed E-state index contributed by atoms with van der Waals surface area (Å²) in [5.41, 5.74) is 6.36. The molecule has 0 saturated heterocycles. The zero-order valence-electron chi connectivity index (χ0n) is 11.5. The normalized spacial score (nSPS) is 11.7. The van der Waals surface area contributed by atoms with Crippen molar-refractivity contribution in [2.24, 2.45) is 0 Å². The van der Waals surface area contributed by atoms with E-state index < -0.39 is 12.0 Å². The molecule has 0 bridgehead atoms. The summed E-state index contributed by atoms with van der Waals surface area (Å²) < 4.78 is 43.2. The summed E-state index contributed by atoms with van der Waals surface area (Å²) >= 11 is 0. The highest BCUT2D eigenvalue weighted by Crippen LogP contribution is 2.30. The fraction of sp³-hybridized carbons (Fsp3) is 0.286. The molecule has 7 heteroatoms. The summed E-state index contributed by atoms with van der Waals surface area (Å²) in [6.45, 7) is 4.01. The highest BCUT2D eigenvalue weighted by Gasteiger charge is 2.35. The Balaban J connectivity index is 2.31. The molecule has 1 aromatic carbocycles. The molecular weight excluding hydrogens is 283 g/mol. The molecule has 21 heavy (non-hydrogen) atoms. The van der Waals surface area contributed by atoms with Gasteiger partial charge in [-0.25, -0.2) is 4.98 Å². The first-order valence-electron chi connectivity index (χ1n) is 6.25. The van der Waals surface area contributed by atoms with Crippen LogP contribution in [0.15, 0.2) is 30.3 Å². The number of benzene rings is 1. The molecule has 1 heterocycles. The van der Waals surface area contributed by atoms with Crippen LogP contribution in [-0.2, 0) is 6.18 Å². The van der Waals surface area contributed by atoms with Crippen LogP contribution in [0, 0.1) is 0 Å². The first-order chi connectivity index (χ1) is 9.75. The third kappa shape index (κ3) is 3.84. The Morgan fingerprint density at radius 2 is 1.86 bits per heavy atom. The van der Waals surface area contributed by atoms with E-state index in [1.54, 1.807) is 18.2 Å². The number of rotatable bonds is 3. The van der Waals surface area contributed by atoms with Gasteiger partial charge in [-0.2, -0.15) is 18.2 Å². The second-order valence-electron chi connectivity index (χ2n) is 4.78. The third-order valence-electron chi connectivity index (χ3n) is 2.72. The lowest BCUT2D eigenvalue weighted by molar-refractivity contribution is -0.145. The Kier molecular flexibility index (Phi) is 4.02. The van der Waals surface area contributed by atoms with Gasteiger partial charge in [-0.1, -0.05) is 26.0 Å². The molecule has 0 spiro atoms. The van der Waals surface area contributed by atoms with E-state index in [0.717, 1.165) is 11.6 Å². The Morgan fingerprint density at radius 1 is 1.14 bits per heavy atom. The van der Waals surface area contributed by atoms with Gasteiger partial charge in [-0.15, -0.1) is 0 Å². The Labute approximate surface area is 119 Å². The van der Waals surface area contributed by atoms with Gasteiger partial charge in [0.2, 0.25) is 11.7 Å². The lowest BCUT2D eigenvalue weighted by Crippen LogP contribution is -2.12. The lowest BCUT2D eigenvalue weighted by Gasteiger charge is -2.11. The van der Waals surface area contributed by atoms with Crippen LogP contribution in [0.4, 0.5) is 19.0 Å². The van der Waals surface area contributed by atoms with Gasteiger partial charge in [0.15, 0.2) is 0 Å². The monoisotopic (exact) mass is 297 g/mol.